The molecule has 1 fully saturated rings. The van der Waals surface area contributed by atoms with Gasteiger partial charge >= 0.3 is 5.97 Å². The van der Waals surface area contributed by atoms with Crippen LogP contribution in [0, 0.1) is 0 Å². The first-order valence-electron chi connectivity index (χ1n) is 6.69. The van der Waals surface area contributed by atoms with Crippen molar-refractivity contribution in [1.29, 1.82) is 0 Å². The number of β-lactam (4-membered cyclic amide) rings is 1. The maximum absolute atomic E-state index is 12.3. The van der Waals surface area contributed by atoms with Gasteiger partial charge in [-0.25, -0.2) is 4.79 Å². The molecule has 2 aliphatic heterocycles. The molecule has 0 aromatic carbocycles. The fraction of sp³-hybridized carbons (Fsp3) is 0.385. The van der Waals surface area contributed by atoms with E-state index < -0.39 is 29.2 Å². The number of thioether (sulfide) groups is 1. The number of rotatable bonds is 3. The van der Waals surface area contributed by atoms with E-state index in [1.165, 1.54) is 27.5 Å². The van der Waals surface area contributed by atoms with Crippen LogP contribution in [0.25, 0.3) is 0 Å². The first-order valence-corrected chi connectivity index (χ1v) is 8.11. The number of hydrogen-bond acceptors (Lipinski definition) is 5. The first kappa shape index (κ1) is 15.9. The van der Waals surface area contributed by atoms with E-state index in [4.69, 9.17) is 11.6 Å². The molecule has 3 rings (SSSR count). The Morgan fingerprint density at radius 2 is 2.22 bits per heavy atom. The second kappa shape index (κ2) is 5.57. The Labute approximate surface area is 140 Å². The molecular formula is C13H13ClN4O4S. The summed E-state index contributed by atoms with van der Waals surface area (Å²) in [4.78, 5) is 37.0. The van der Waals surface area contributed by atoms with Gasteiger partial charge in [-0.3, -0.25) is 19.2 Å². The number of aromatic nitrogens is 2. The number of carboxylic acid groups (broad SMARTS) is 1. The maximum atomic E-state index is 12.3. The van der Waals surface area contributed by atoms with Crippen molar-refractivity contribution >= 4 is 41.1 Å². The third-order valence-electron chi connectivity index (χ3n) is 3.65. The number of carboxylic acids is 1. The van der Waals surface area contributed by atoms with E-state index in [1.54, 1.807) is 14.0 Å². The minimum absolute atomic E-state index is 0.000109. The first-order chi connectivity index (χ1) is 10.8. The molecule has 23 heavy (non-hydrogen) atoms. The van der Waals surface area contributed by atoms with Gasteiger partial charge < -0.3 is 10.4 Å². The molecule has 0 unspecified atom stereocenters. The standard InChI is InChI=1S/C13H13ClN4O4S/c1-5-4-23-12-8(11(20)18(12)9(5)13(21)22)15-10(19)7-6(14)3-17(2)16-7/h3,8,12H,4H2,1-2H3,(H,15,19)(H,21,22)/t8-,12+/m0/s1. The molecule has 10 heteroatoms. The zero-order valence-electron chi connectivity index (χ0n) is 12.2. The molecule has 3 heterocycles. The molecule has 8 nitrogen and oxygen atoms in total. The number of aliphatic carboxylic acids is 1. The molecule has 1 aromatic rings. The Balaban J connectivity index is 1.78. The molecule has 2 atom stereocenters. The number of hydrogen-bond donors (Lipinski definition) is 2. The van der Waals surface area contributed by atoms with Crippen LogP contribution in [0.5, 0.6) is 0 Å². The van der Waals surface area contributed by atoms with Crippen LogP contribution in [0.15, 0.2) is 17.5 Å². The lowest BCUT2D eigenvalue weighted by Gasteiger charge is -2.49. The van der Waals surface area contributed by atoms with Crippen molar-refractivity contribution in [2.24, 2.45) is 7.05 Å². The van der Waals surface area contributed by atoms with Crippen LogP contribution >= 0.6 is 23.4 Å². The van der Waals surface area contributed by atoms with Crippen LogP contribution in [0.2, 0.25) is 5.02 Å². The highest BCUT2D eigenvalue weighted by Crippen LogP contribution is 2.40. The Morgan fingerprint density at radius 3 is 2.78 bits per heavy atom. The molecule has 1 aromatic heterocycles. The Hall–Kier alpha value is -2.00. The third kappa shape index (κ3) is 2.49. The van der Waals surface area contributed by atoms with Crippen molar-refractivity contribution in [3.8, 4) is 0 Å². The van der Waals surface area contributed by atoms with E-state index in [0.29, 0.717) is 11.3 Å². The number of aryl methyl sites for hydroxylation is 1. The van der Waals surface area contributed by atoms with Gasteiger partial charge in [-0.15, -0.1) is 11.8 Å². The van der Waals surface area contributed by atoms with Crippen molar-refractivity contribution in [2.45, 2.75) is 18.3 Å². The van der Waals surface area contributed by atoms with E-state index in [-0.39, 0.29) is 16.4 Å². The highest BCUT2D eigenvalue weighted by Gasteiger charge is 2.53. The summed E-state index contributed by atoms with van der Waals surface area (Å²) >= 11 is 7.32. The van der Waals surface area contributed by atoms with Crippen LogP contribution in [0.1, 0.15) is 17.4 Å². The largest absolute Gasteiger partial charge is 0.477 e. The van der Waals surface area contributed by atoms with Crippen LogP contribution in [-0.4, -0.2) is 54.7 Å². The zero-order chi connectivity index (χ0) is 16.9. The number of carbonyl (C=O) groups excluding carboxylic acids is 2. The number of fused-ring (bicyclic) bond motifs is 1. The molecule has 0 bridgehead atoms. The minimum atomic E-state index is -1.14. The maximum Gasteiger partial charge on any atom is 0.352 e. The molecule has 0 spiro atoms. The predicted octanol–water partition coefficient (Wildman–Crippen LogP) is 0.446. The summed E-state index contributed by atoms with van der Waals surface area (Å²) in [5.74, 6) is -1.65. The van der Waals surface area contributed by atoms with Crippen molar-refractivity contribution in [1.82, 2.24) is 20.0 Å². The van der Waals surface area contributed by atoms with Crippen molar-refractivity contribution < 1.29 is 19.5 Å². The molecular weight excluding hydrogens is 344 g/mol. The molecule has 122 valence electrons. The van der Waals surface area contributed by atoms with Gasteiger partial charge in [-0.2, -0.15) is 5.10 Å². The van der Waals surface area contributed by atoms with Crippen LogP contribution in [-0.2, 0) is 16.6 Å². The average molecular weight is 357 g/mol. The number of carbonyl (C=O) groups is 3. The number of nitrogens with zero attached hydrogens (tertiary/aromatic N) is 3. The van der Waals surface area contributed by atoms with Crippen molar-refractivity contribution in [2.75, 3.05) is 5.75 Å². The van der Waals surface area contributed by atoms with Gasteiger partial charge in [0.05, 0.1) is 5.02 Å². The summed E-state index contributed by atoms with van der Waals surface area (Å²) in [5.41, 5.74) is 0.663. The van der Waals surface area contributed by atoms with E-state index in [0.717, 1.165) is 0 Å². The molecule has 0 saturated carbocycles. The van der Waals surface area contributed by atoms with E-state index in [1.807, 2.05) is 0 Å². The Kier molecular flexibility index (Phi) is 3.85. The third-order valence-corrected chi connectivity index (χ3v) is 5.35. The van der Waals surface area contributed by atoms with Crippen LogP contribution < -0.4 is 5.32 Å². The minimum Gasteiger partial charge on any atom is -0.477 e. The number of nitrogens with one attached hydrogen (secondary N) is 1. The SMILES string of the molecule is CC1=C(C(=O)O)N2C(=O)[C@H](NC(=O)c3nn(C)cc3Cl)[C@H]2SC1. The lowest BCUT2D eigenvalue weighted by atomic mass is 10.0. The topological polar surface area (TPSA) is 105 Å². The van der Waals surface area contributed by atoms with Crippen LogP contribution in [0.4, 0.5) is 0 Å². The molecule has 2 N–H and O–H groups in total. The summed E-state index contributed by atoms with van der Waals surface area (Å²) in [7, 11) is 1.63. The second-order valence-electron chi connectivity index (χ2n) is 5.29. The van der Waals surface area contributed by atoms with E-state index >= 15 is 0 Å². The van der Waals surface area contributed by atoms with Gasteiger partial charge in [0.15, 0.2) is 5.69 Å². The molecule has 2 aliphatic rings. The molecule has 0 aliphatic carbocycles. The van der Waals surface area contributed by atoms with Crippen molar-refractivity contribution in [3.05, 3.63) is 28.2 Å². The lowest BCUT2D eigenvalue weighted by molar-refractivity contribution is -0.148. The quantitative estimate of drug-likeness (QED) is 0.762. The van der Waals surface area contributed by atoms with E-state index in [9.17, 15) is 19.5 Å². The van der Waals surface area contributed by atoms with E-state index in [2.05, 4.69) is 10.4 Å². The fourth-order valence-corrected chi connectivity index (χ4v) is 4.16. The zero-order valence-corrected chi connectivity index (χ0v) is 13.8. The van der Waals surface area contributed by atoms with Gasteiger partial charge in [0.25, 0.3) is 11.8 Å². The van der Waals surface area contributed by atoms with Gasteiger partial charge in [0.1, 0.15) is 17.1 Å². The summed E-state index contributed by atoms with van der Waals surface area (Å²) in [6.07, 6.45) is 1.48. The number of halogens is 1. The predicted molar refractivity (Wildman–Crippen MR) is 82.9 cm³/mol. The van der Waals surface area contributed by atoms with Gasteiger partial charge in [-0.1, -0.05) is 11.6 Å². The summed E-state index contributed by atoms with van der Waals surface area (Å²) in [5, 5.41) is 15.5. The van der Waals surface area contributed by atoms with Gasteiger partial charge in [0, 0.05) is 19.0 Å². The second-order valence-corrected chi connectivity index (χ2v) is 6.81. The fourth-order valence-electron chi connectivity index (χ4n) is 2.60. The Bertz CT molecular complexity index is 759. The van der Waals surface area contributed by atoms with Gasteiger partial charge in [-0.05, 0) is 12.5 Å². The average Bonchev–Trinajstić information content (AvgIpc) is 2.82. The Morgan fingerprint density at radius 1 is 1.52 bits per heavy atom. The monoisotopic (exact) mass is 356 g/mol. The summed E-state index contributed by atoms with van der Waals surface area (Å²) in [6.45, 7) is 1.68. The smallest absolute Gasteiger partial charge is 0.352 e. The lowest BCUT2D eigenvalue weighted by Crippen LogP contribution is -2.70. The summed E-state index contributed by atoms with van der Waals surface area (Å²) < 4.78 is 1.40. The van der Waals surface area contributed by atoms with Crippen LogP contribution in [0.3, 0.4) is 0 Å². The van der Waals surface area contributed by atoms with Gasteiger partial charge in [0.2, 0.25) is 0 Å². The number of amides is 2. The van der Waals surface area contributed by atoms with Crippen molar-refractivity contribution in [3.63, 3.8) is 0 Å². The summed E-state index contributed by atoms with van der Waals surface area (Å²) in [6, 6.07) is -0.784. The highest BCUT2D eigenvalue weighted by atomic mass is 35.5. The highest BCUT2D eigenvalue weighted by molar-refractivity contribution is 8.00. The normalized spacial score (nSPS) is 23.4. The molecule has 2 amide bonds. The molecule has 1 saturated heterocycles. The molecule has 0 radical (unpaired) electrons.